The summed E-state index contributed by atoms with van der Waals surface area (Å²) in [4.78, 5) is 0. The third kappa shape index (κ3) is 1.63. The van der Waals surface area contributed by atoms with Gasteiger partial charge in [0.05, 0.1) is 0 Å². The topological polar surface area (TPSA) is 12.0 Å². The van der Waals surface area contributed by atoms with Crippen molar-refractivity contribution in [2.24, 2.45) is 5.92 Å². The molecule has 0 bridgehead atoms. The normalized spacial score (nSPS) is 25.3. The van der Waals surface area contributed by atoms with Crippen molar-refractivity contribution >= 4 is 5.69 Å². The fourth-order valence-electron chi connectivity index (χ4n) is 2.45. The molecule has 1 aliphatic rings. The highest BCUT2D eigenvalue weighted by molar-refractivity contribution is 5.54. The lowest BCUT2D eigenvalue weighted by Crippen LogP contribution is -2.34. The summed E-state index contributed by atoms with van der Waals surface area (Å²) in [6.45, 7) is 4.57. The number of para-hydroxylation sites is 1. The van der Waals surface area contributed by atoms with E-state index >= 15 is 0 Å². The Balaban J connectivity index is 2.25. The molecule has 1 nitrogen and oxygen atoms in total. The molecule has 0 amide bonds. The first-order valence-electron chi connectivity index (χ1n) is 5.69. The Morgan fingerprint density at radius 3 is 2.71 bits per heavy atom. The average Bonchev–Trinajstić information content (AvgIpc) is 2.27. The summed E-state index contributed by atoms with van der Waals surface area (Å²) in [5.41, 5.74) is 2.84. The quantitative estimate of drug-likeness (QED) is 0.751. The van der Waals surface area contributed by atoms with Gasteiger partial charge >= 0.3 is 0 Å². The Bertz CT molecular complexity index is 275. The van der Waals surface area contributed by atoms with Crippen LogP contribution in [0.15, 0.2) is 24.3 Å². The number of fused-ring (bicyclic) bond motifs is 1. The smallest absolute Gasteiger partial charge is 0.0375 e. The van der Waals surface area contributed by atoms with Crippen molar-refractivity contribution < 1.29 is 0 Å². The van der Waals surface area contributed by atoms with E-state index in [0.29, 0.717) is 6.04 Å². The molecule has 0 saturated heterocycles. The summed E-state index contributed by atoms with van der Waals surface area (Å²) >= 11 is 0. The molecule has 0 fully saturated rings. The Labute approximate surface area is 86.5 Å². The minimum absolute atomic E-state index is 0.676. The molecule has 2 unspecified atom stereocenters. The van der Waals surface area contributed by atoms with Crippen LogP contribution in [0.1, 0.15) is 32.3 Å². The molecule has 1 aromatic carbocycles. The minimum atomic E-state index is 0.676. The highest BCUT2D eigenvalue weighted by Crippen LogP contribution is 2.30. The number of hydrogen-bond donors (Lipinski definition) is 1. The molecular formula is C13H19N. The molecule has 2 atom stereocenters. The van der Waals surface area contributed by atoms with E-state index in [2.05, 4.69) is 43.4 Å². The van der Waals surface area contributed by atoms with Crippen LogP contribution in [-0.4, -0.2) is 6.04 Å². The van der Waals surface area contributed by atoms with Crippen molar-refractivity contribution in [2.75, 3.05) is 5.32 Å². The zero-order chi connectivity index (χ0) is 9.97. The molecule has 76 valence electrons. The van der Waals surface area contributed by atoms with E-state index < -0.39 is 0 Å². The fourth-order valence-corrected chi connectivity index (χ4v) is 2.45. The van der Waals surface area contributed by atoms with E-state index in [1.165, 1.54) is 30.5 Å². The summed E-state index contributed by atoms with van der Waals surface area (Å²) in [6.07, 6.45) is 3.75. The van der Waals surface area contributed by atoms with Gasteiger partial charge in [-0.15, -0.1) is 0 Å². The number of rotatable bonds is 2. The van der Waals surface area contributed by atoms with Crippen molar-refractivity contribution in [3.05, 3.63) is 29.8 Å². The Morgan fingerprint density at radius 1 is 1.21 bits per heavy atom. The van der Waals surface area contributed by atoms with Gasteiger partial charge in [-0.1, -0.05) is 38.5 Å². The number of benzene rings is 1. The van der Waals surface area contributed by atoms with Gasteiger partial charge in [0, 0.05) is 11.7 Å². The fraction of sp³-hybridized carbons (Fsp3) is 0.538. The van der Waals surface area contributed by atoms with E-state index in [1.807, 2.05) is 0 Å². The SMILES string of the molecule is CCC1Cc2ccccc2NC1CC. The second-order valence-electron chi connectivity index (χ2n) is 4.19. The summed E-state index contributed by atoms with van der Waals surface area (Å²) in [5, 5.41) is 3.65. The maximum atomic E-state index is 3.65. The second kappa shape index (κ2) is 4.04. The maximum absolute atomic E-state index is 3.65. The van der Waals surface area contributed by atoms with Crippen molar-refractivity contribution in [3.8, 4) is 0 Å². The number of anilines is 1. The lowest BCUT2D eigenvalue weighted by Gasteiger charge is -2.33. The van der Waals surface area contributed by atoms with Crippen LogP contribution in [0.5, 0.6) is 0 Å². The van der Waals surface area contributed by atoms with Gasteiger partial charge < -0.3 is 5.32 Å². The molecule has 1 heterocycles. The standard InChI is InChI=1S/C13H19N/c1-3-10-9-11-7-5-6-8-13(11)14-12(10)4-2/h5-8,10,12,14H,3-4,9H2,1-2H3. The summed E-state index contributed by atoms with van der Waals surface area (Å²) < 4.78 is 0. The molecule has 0 radical (unpaired) electrons. The van der Waals surface area contributed by atoms with Gasteiger partial charge in [0.15, 0.2) is 0 Å². The highest BCUT2D eigenvalue weighted by atomic mass is 14.9. The Morgan fingerprint density at radius 2 is 2.00 bits per heavy atom. The molecule has 14 heavy (non-hydrogen) atoms. The van der Waals surface area contributed by atoms with Crippen LogP contribution in [0.3, 0.4) is 0 Å². The van der Waals surface area contributed by atoms with Gasteiger partial charge in [0.1, 0.15) is 0 Å². The second-order valence-corrected chi connectivity index (χ2v) is 4.19. The van der Waals surface area contributed by atoms with Gasteiger partial charge in [-0.25, -0.2) is 0 Å². The first kappa shape index (κ1) is 9.57. The van der Waals surface area contributed by atoms with Gasteiger partial charge in [-0.05, 0) is 30.4 Å². The van der Waals surface area contributed by atoms with Crippen LogP contribution < -0.4 is 5.32 Å². The Hall–Kier alpha value is -0.980. The highest BCUT2D eigenvalue weighted by Gasteiger charge is 2.24. The number of hydrogen-bond acceptors (Lipinski definition) is 1. The molecule has 0 saturated carbocycles. The van der Waals surface area contributed by atoms with Crippen LogP contribution in [0.4, 0.5) is 5.69 Å². The van der Waals surface area contributed by atoms with Crippen molar-refractivity contribution in [2.45, 2.75) is 39.2 Å². The lowest BCUT2D eigenvalue weighted by atomic mass is 9.84. The first-order valence-corrected chi connectivity index (χ1v) is 5.69. The third-order valence-corrected chi connectivity index (χ3v) is 3.37. The minimum Gasteiger partial charge on any atom is -0.382 e. The van der Waals surface area contributed by atoms with Gasteiger partial charge in [0.2, 0.25) is 0 Å². The molecule has 0 spiro atoms. The van der Waals surface area contributed by atoms with Crippen molar-refractivity contribution in [1.82, 2.24) is 0 Å². The molecule has 1 N–H and O–H groups in total. The van der Waals surface area contributed by atoms with Gasteiger partial charge in [-0.2, -0.15) is 0 Å². The monoisotopic (exact) mass is 189 g/mol. The largest absolute Gasteiger partial charge is 0.382 e. The summed E-state index contributed by atoms with van der Waals surface area (Å²) in [7, 11) is 0. The molecule has 1 aromatic rings. The summed E-state index contributed by atoms with van der Waals surface area (Å²) in [5.74, 6) is 0.815. The first-order chi connectivity index (χ1) is 6.85. The molecular weight excluding hydrogens is 170 g/mol. The Kier molecular flexibility index (Phi) is 2.76. The number of nitrogens with one attached hydrogen (secondary N) is 1. The van der Waals surface area contributed by atoms with E-state index in [0.717, 1.165) is 5.92 Å². The maximum Gasteiger partial charge on any atom is 0.0375 e. The van der Waals surface area contributed by atoms with Gasteiger partial charge in [0.25, 0.3) is 0 Å². The average molecular weight is 189 g/mol. The van der Waals surface area contributed by atoms with Crippen LogP contribution in [0, 0.1) is 5.92 Å². The summed E-state index contributed by atoms with van der Waals surface area (Å²) in [6, 6.07) is 9.38. The van der Waals surface area contributed by atoms with Crippen molar-refractivity contribution in [3.63, 3.8) is 0 Å². The van der Waals surface area contributed by atoms with Gasteiger partial charge in [-0.3, -0.25) is 0 Å². The lowest BCUT2D eigenvalue weighted by molar-refractivity contribution is 0.406. The van der Waals surface area contributed by atoms with E-state index in [9.17, 15) is 0 Å². The van der Waals surface area contributed by atoms with Crippen LogP contribution >= 0.6 is 0 Å². The van der Waals surface area contributed by atoms with E-state index in [-0.39, 0.29) is 0 Å². The van der Waals surface area contributed by atoms with E-state index in [4.69, 9.17) is 0 Å². The van der Waals surface area contributed by atoms with Crippen molar-refractivity contribution in [1.29, 1.82) is 0 Å². The zero-order valence-corrected chi connectivity index (χ0v) is 9.09. The third-order valence-electron chi connectivity index (χ3n) is 3.37. The van der Waals surface area contributed by atoms with Crippen LogP contribution in [-0.2, 0) is 6.42 Å². The predicted molar refractivity (Wildman–Crippen MR) is 61.6 cm³/mol. The molecule has 0 aromatic heterocycles. The van der Waals surface area contributed by atoms with E-state index in [1.54, 1.807) is 0 Å². The predicted octanol–water partition coefficient (Wildman–Crippen LogP) is 3.46. The molecule has 2 rings (SSSR count). The zero-order valence-electron chi connectivity index (χ0n) is 9.09. The van der Waals surface area contributed by atoms with Crippen LogP contribution in [0.2, 0.25) is 0 Å². The molecule has 0 aliphatic carbocycles. The molecule has 1 heteroatoms. The molecule has 1 aliphatic heterocycles. The van der Waals surface area contributed by atoms with Crippen LogP contribution in [0.25, 0.3) is 0 Å².